The number of H-pyrrole nitrogens is 1. The molecule has 1 heterocycles. The minimum absolute atomic E-state index is 0.650. The second kappa shape index (κ2) is 5.97. The molecule has 4 nitrogen and oxygen atoms in total. The Hall–Kier alpha value is -2.33. The normalized spacial score (nSPS) is 10.6. The van der Waals surface area contributed by atoms with E-state index in [9.17, 15) is 0 Å². The van der Waals surface area contributed by atoms with Gasteiger partial charge in [-0.05, 0) is 43.3 Å². The Labute approximate surface area is 127 Å². The molecule has 0 saturated carbocycles. The average molecular weight is 300 g/mol. The molecule has 3 aromatic rings. The van der Waals surface area contributed by atoms with Crippen molar-refractivity contribution in [2.75, 3.05) is 6.61 Å². The second-order valence-corrected chi connectivity index (χ2v) is 4.92. The quantitative estimate of drug-likeness (QED) is 0.786. The number of aromatic amines is 1. The number of halogens is 1. The molecule has 0 aliphatic rings. The van der Waals surface area contributed by atoms with Gasteiger partial charge >= 0.3 is 0 Å². The van der Waals surface area contributed by atoms with E-state index in [0.29, 0.717) is 11.6 Å². The Morgan fingerprint density at radius 3 is 2.38 bits per heavy atom. The summed E-state index contributed by atoms with van der Waals surface area (Å²) in [6.07, 6.45) is 0. The molecular weight excluding hydrogens is 286 g/mol. The van der Waals surface area contributed by atoms with Crippen molar-refractivity contribution in [1.29, 1.82) is 0 Å². The Kier molecular flexibility index (Phi) is 3.88. The fourth-order valence-corrected chi connectivity index (χ4v) is 2.34. The molecule has 106 valence electrons. The fourth-order valence-electron chi connectivity index (χ4n) is 2.14. The van der Waals surface area contributed by atoms with Crippen LogP contribution in [0.15, 0.2) is 48.5 Å². The first kappa shape index (κ1) is 13.6. The van der Waals surface area contributed by atoms with E-state index in [1.165, 1.54) is 0 Å². The van der Waals surface area contributed by atoms with Gasteiger partial charge in [-0.3, -0.25) is 0 Å². The summed E-state index contributed by atoms with van der Waals surface area (Å²) < 4.78 is 5.45. The summed E-state index contributed by atoms with van der Waals surface area (Å²) in [4.78, 5) is 0. The van der Waals surface area contributed by atoms with Gasteiger partial charge < -0.3 is 4.74 Å². The molecule has 0 atom stereocenters. The van der Waals surface area contributed by atoms with Gasteiger partial charge in [-0.1, -0.05) is 23.7 Å². The van der Waals surface area contributed by atoms with Crippen LogP contribution in [0.3, 0.4) is 0 Å². The van der Waals surface area contributed by atoms with Crippen molar-refractivity contribution in [1.82, 2.24) is 15.4 Å². The lowest BCUT2D eigenvalue weighted by Gasteiger charge is -2.05. The van der Waals surface area contributed by atoms with E-state index in [1.807, 2.05) is 55.5 Å². The zero-order chi connectivity index (χ0) is 14.7. The number of hydrogen-bond acceptors (Lipinski definition) is 3. The Morgan fingerprint density at radius 2 is 1.71 bits per heavy atom. The van der Waals surface area contributed by atoms with Crippen LogP contribution >= 0.6 is 11.6 Å². The van der Waals surface area contributed by atoms with Crippen LogP contribution < -0.4 is 4.74 Å². The molecule has 0 aliphatic carbocycles. The summed E-state index contributed by atoms with van der Waals surface area (Å²) in [5, 5.41) is 11.8. The summed E-state index contributed by atoms with van der Waals surface area (Å²) >= 11 is 6.04. The van der Waals surface area contributed by atoms with Gasteiger partial charge in [0.05, 0.1) is 6.61 Å². The highest BCUT2D eigenvalue weighted by atomic mass is 35.5. The van der Waals surface area contributed by atoms with Crippen LogP contribution in [-0.4, -0.2) is 22.0 Å². The molecule has 3 rings (SSSR count). The SMILES string of the molecule is CCOc1ccc(-c2n[nH]nc2-c2cccc(Cl)c2)cc1. The van der Waals surface area contributed by atoms with Gasteiger partial charge in [-0.15, -0.1) is 0 Å². The number of hydrogen-bond donors (Lipinski definition) is 1. The van der Waals surface area contributed by atoms with Crippen molar-refractivity contribution in [3.8, 4) is 28.3 Å². The number of nitrogens with one attached hydrogen (secondary N) is 1. The maximum absolute atomic E-state index is 6.04. The van der Waals surface area contributed by atoms with Crippen LogP contribution in [0.25, 0.3) is 22.5 Å². The van der Waals surface area contributed by atoms with Gasteiger partial charge in [0.25, 0.3) is 0 Å². The van der Waals surface area contributed by atoms with E-state index >= 15 is 0 Å². The molecule has 21 heavy (non-hydrogen) atoms. The molecule has 0 aliphatic heterocycles. The number of aromatic nitrogens is 3. The summed E-state index contributed by atoms with van der Waals surface area (Å²) in [5.74, 6) is 0.842. The molecule has 0 fully saturated rings. The smallest absolute Gasteiger partial charge is 0.120 e. The van der Waals surface area contributed by atoms with Gasteiger partial charge in [0.2, 0.25) is 0 Å². The van der Waals surface area contributed by atoms with Crippen molar-refractivity contribution >= 4 is 11.6 Å². The molecule has 0 saturated heterocycles. The van der Waals surface area contributed by atoms with E-state index in [4.69, 9.17) is 16.3 Å². The van der Waals surface area contributed by atoms with Crippen molar-refractivity contribution in [2.24, 2.45) is 0 Å². The van der Waals surface area contributed by atoms with Crippen molar-refractivity contribution in [3.63, 3.8) is 0 Å². The van der Waals surface area contributed by atoms with Gasteiger partial charge in [-0.25, -0.2) is 0 Å². The molecule has 0 amide bonds. The number of benzene rings is 2. The van der Waals surface area contributed by atoms with Crippen LogP contribution in [0.5, 0.6) is 5.75 Å². The zero-order valence-corrected chi connectivity index (χ0v) is 12.3. The minimum atomic E-state index is 0.650. The minimum Gasteiger partial charge on any atom is -0.494 e. The van der Waals surface area contributed by atoms with Crippen molar-refractivity contribution in [2.45, 2.75) is 6.92 Å². The van der Waals surface area contributed by atoms with E-state index in [0.717, 1.165) is 28.3 Å². The summed E-state index contributed by atoms with van der Waals surface area (Å²) in [6, 6.07) is 15.4. The van der Waals surface area contributed by atoms with Crippen molar-refractivity contribution < 1.29 is 4.74 Å². The summed E-state index contributed by atoms with van der Waals surface area (Å²) in [5.41, 5.74) is 3.48. The van der Waals surface area contributed by atoms with Crippen molar-refractivity contribution in [3.05, 3.63) is 53.6 Å². The summed E-state index contributed by atoms with van der Waals surface area (Å²) in [6.45, 7) is 2.61. The molecule has 5 heteroatoms. The largest absolute Gasteiger partial charge is 0.494 e. The lowest BCUT2D eigenvalue weighted by Crippen LogP contribution is -1.91. The number of rotatable bonds is 4. The molecule has 0 unspecified atom stereocenters. The highest BCUT2D eigenvalue weighted by Gasteiger charge is 2.12. The van der Waals surface area contributed by atoms with Crippen LogP contribution in [0.4, 0.5) is 0 Å². The average Bonchev–Trinajstić information content (AvgIpc) is 2.98. The Bertz CT molecular complexity index is 737. The third-order valence-corrected chi connectivity index (χ3v) is 3.32. The van der Waals surface area contributed by atoms with Gasteiger partial charge in [0.15, 0.2) is 0 Å². The molecule has 1 aromatic heterocycles. The van der Waals surface area contributed by atoms with E-state index in [-0.39, 0.29) is 0 Å². The molecule has 0 bridgehead atoms. The maximum atomic E-state index is 6.04. The predicted octanol–water partition coefficient (Wildman–Crippen LogP) is 4.19. The van der Waals surface area contributed by atoms with Crippen LogP contribution in [0.1, 0.15) is 6.92 Å². The van der Waals surface area contributed by atoms with Gasteiger partial charge in [0, 0.05) is 16.1 Å². The highest BCUT2D eigenvalue weighted by molar-refractivity contribution is 6.30. The molecule has 0 radical (unpaired) electrons. The molecular formula is C16H14ClN3O. The third kappa shape index (κ3) is 2.90. The second-order valence-electron chi connectivity index (χ2n) is 4.49. The van der Waals surface area contributed by atoms with E-state index < -0.39 is 0 Å². The molecule has 1 N–H and O–H groups in total. The standard InChI is InChI=1S/C16H14ClN3O/c1-2-21-14-8-6-11(7-9-14)15-16(19-20-18-15)12-4-3-5-13(17)10-12/h3-10H,2H2,1H3,(H,18,19,20). The lowest BCUT2D eigenvalue weighted by molar-refractivity contribution is 0.340. The maximum Gasteiger partial charge on any atom is 0.120 e. The number of ether oxygens (including phenoxy) is 1. The first-order valence-electron chi connectivity index (χ1n) is 6.68. The zero-order valence-electron chi connectivity index (χ0n) is 11.5. The van der Waals surface area contributed by atoms with Crippen LogP contribution in [0, 0.1) is 0 Å². The Morgan fingerprint density at radius 1 is 1.00 bits per heavy atom. The first-order chi connectivity index (χ1) is 10.3. The predicted molar refractivity (Wildman–Crippen MR) is 83.4 cm³/mol. The molecule has 0 spiro atoms. The van der Waals surface area contributed by atoms with Crippen LogP contribution in [-0.2, 0) is 0 Å². The van der Waals surface area contributed by atoms with E-state index in [1.54, 1.807) is 0 Å². The Balaban J connectivity index is 1.98. The molecule has 2 aromatic carbocycles. The fraction of sp³-hybridized carbons (Fsp3) is 0.125. The monoisotopic (exact) mass is 299 g/mol. The number of nitrogens with zero attached hydrogens (tertiary/aromatic N) is 2. The van der Waals surface area contributed by atoms with Gasteiger partial charge in [0.1, 0.15) is 17.1 Å². The van der Waals surface area contributed by atoms with Crippen LogP contribution in [0.2, 0.25) is 5.02 Å². The van der Waals surface area contributed by atoms with E-state index in [2.05, 4.69) is 15.4 Å². The van der Waals surface area contributed by atoms with Gasteiger partial charge in [-0.2, -0.15) is 15.4 Å². The first-order valence-corrected chi connectivity index (χ1v) is 7.05. The highest BCUT2D eigenvalue weighted by Crippen LogP contribution is 2.30. The topological polar surface area (TPSA) is 50.8 Å². The third-order valence-electron chi connectivity index (χ3n) is 3.08. The summed E-state index contributed by atoms with van der Waals surface area (Å²) in [7, 11) is 0. The lowest BCUT2D eigenvalue weighted by atomic mass is 10.1.